The van der Waals surface area contributed by atoms with E-state index in [4.69, 9.17) is 16.3 Å². The summed E-state index contributed by atoms with van der Waals surface area (Å²) in [5.74, 6) is 0. The molecule has 0 fully saturated rings. The molecule has 1 N–H and O–H groups in total. The zero-order valence-electron chi connectivity index (χ0n) is 8.59. The Bertz CT molecular complexity index is 278. The van der Waals surface area contributed by atoms with E-state index in [9.17, 15) is 0 Å². The van der Waals surface area contributed by atoms with Gasteiger partial charge in [-0.25, -0.2) is 0 Å². The predicted molar refractivity (Wildman–Crippen MR) is 59.7 cm³/mol. The molecule has 0 aliphatic heterocycles. The molecule has 1 rings (SSSR count). The van der Waals surface area contributed by atoms with Gasteiger partial charge in [-0.3, -0.25) is 0 Å². The van der Waals surface area contributed by atoms with Crippen molar-refractivity contribution < 1.29 is 4.74 Å². The molecule has 0 heterocycles. The first kappa shape index (κ1) is 11.5. The average Bonchev–Trinajstić information content (AvgIpc) is 2.18. The van der Waals surface area contributed by atoms with E-state index in [0.29, 0.717) is 0 Å². The molecule has 0 saturated heterocycles. The van der Waals surface area contributed by atoms with E-state index in [1.807, 2.05) is 24.3 Å². The Morgan fingerprint density at radius 3 is 2.79 bits per heavy atom. The van der Waals surface area contributed by atoms with E-state index in [-0.39, 0.29) is 6.04 Å². The van der Waals surface area contributed by atoms with Gasteiger partial charge >= 0.3 is 0 Å². The molecule has 0 aliphatic rings. The van der Waals surface area contributed by atoms with E-state index in [1.165, 1.54) is 0 Å². The van der Waals surface area contributed by atoms with E-state index in [1.54, 1.807) is 7.11 Å². The molecule has 1 atom stereocenters. The summed E-state index contributed by atoms with van der Waals surface area (Å²) in [7, 11) is 1.70. The Morgan fingerprint density at radius 2 is 2.14 bits per heavy atom. The summed E-state index contributed by atoms with van der Waals surface area (Å²) in [4.78, 5) is 0. The van der Waals surface area contributed by atoms with Crippen molar-refractivity contribution in [2.75, 3.05) is 20.3 Å². The number of benzene rings is 1. The van der Waals surface area contributed by atoms with E-state index in [2.05, 4.69) is 12.2 Å². The van der Waals surface area contributed by atoms with Crippen LogP contribution in [0.1, 0.15) is 18.5 Å². The molecule has 0 aliphatic carbocycles. The van der Waals surface area contributed by atoms with Crippen LogP contribution in [0.2, 0.25) is 5.02 Å². The summed E-state index contributed by atoms with van der Waals surface area (Å²) >= 11 is 6.06. The van der Waals surface area contributed by atoms with Crippen molar-refractivity contribution in [3.05, 3.63) is 34.9 Å². The quantitative estimate of drug-likeness (QED) is 0.760. The number of halogens is 1. The second-order valence-electron chi connectivity index (χ2n) is 3.19. The third-order valence-corrected chi connectivity index (χ3v) is 2.47. The van der Waals surface area contributed by atoms with Gasteiger partial charge in [0.1, 0.15) is 0 Å². The molecule has 2 nitrogen and oxygen atoms in total. The summed E-state index contributed by atoms with van der Waals surface area (Å²) < 4.78 is 4.96. The van der Waals surface area contributed by atoms with Crippen molar-refractivity contribution in [3.63, 3.8) is 0 Å². The highest BCUT2D eigenvalue weighted by Crippen LogP contribution is 2.21. The summed E-state index contributed by atoms with van der Waals surface area (Å²) in [5, 5.41) is 4.14. The highest BCUT2D eigenvalue weighted by Gasteiger charge is 2.07. The number of nitrogens with one attached hydrogen (secondary N) is 1. The van der Waals surface area contributed by atoms with Crippen molar-refractivity contribution in [1.29, 1.82) is 0 Å². The van der Waals surface area contributed by atoms with Gasteiger partial charge in [-0.15, -0.1) is 0 Å². The number of hydrogen-bond donors (Lipinski definition) is 1. The third kappa shape index (κ3) is 3.29. The van der Waals surface area contributed by atoms with Gasteiger partial charge in [-0.1, -0.05) is 29.8 Å². The van der Waals surface area contributed by atoms with Crippen LogP contribution in [0.5, 0.6) is 0 Å². The monoisotopic (exact) mass is 213 g/mol. The van der Waals surface area contributed by atoms with Gasteiger partial charge < -0.3 is 10.1 Å². The third-order valence-electron chi connectivity index (χ3n) is 2.13. The van der Waals surface area contributed by atoms with Crippen LogP contribution in [0, 0.1) is 0 Å². The number of methoxy groups -OCH3 is 1. The largest absolute Gasteiger partial charge is 0.383 e. The zero-order valence-corrected chi connectivity index (χ0v) is 9.34. The van der Waals surface area contributed by atoms with Gasteiger partial charge in [-0.05, 0) is 18.6 Å². The summed E-state index contributed by atoms with van der Waals surface area (Å²) in [6.45, 7) is 3.65. The minimum atomic E-state index is 0.263. The van der Waals surface area contributed by atoms with E-state index >= 15 is 0 Å². The first-order chi connectivity index (χ1) is 6.75. The Morgan fingerprint density at radius 1 is 1.43 bits per heavy atom. The lowest BCUT2D eigenvalue weighted by molar-refractivity contribution is 0.196. The van der Waals surface area contributed by atoms with Crippen molar-refractivity contribution >= 4 is 11.6 Å². The lowest BCUT2D eigenvalue weighted by atomic mass is 10.1. The molecule has 0 unspecified atom stereocenters. The maximum atomic E-state index is 6.06. The standard InChI is InChI=1S/C11H16ClNO/c1-9(13-7-8-14-2)10-5-3-4-6-11(10)12/h3-6,9,13H,7-8H2,1-2H3/t9-/m0/s1. The topological polar surface area (TPSA) is 21.3 Å². The number of hydrogen-bond acceptors (Lipinski definition) is 2. The SMILES string of the molecule is COCCN[C@@H](C)c1ccccc1Cl. The minimum absolute atomic E-state index is 0.263. The van der Waals surface area contributed by atoms with Crippen molar-refractivity contribution in [2.45, 2.75) is 13.0 Å². The first-order valence-electron chi connectivity index (χ1n) is 4.72. The lowest BCUT2D eigenvalue weighted by Gasteiger charge is -2.15. The Hall–Kier alpha value is -0.570. The Kier molecular flexibility index (Phi) is 4.94. The smallest absolute Gasteiger partial charge is 0.0587 e. The number of ether oxygens (including phenoxy) is 1. The molecule has 1 aromatic rings. The van der Waals surface area contributed by atoms with Crippen molar-refractivity contribution in [3.8, 4) is 0 Å². The van der Waals surface area contributed by atoms with Crippen LogP contribution >= 0.6 is 11.6 Å². The van der Waals surface area contributed by atoms with Crippen LogP contribution in [0.15, 0.2) is 24.3 Å². The fourth-order valence-electron chi connectivity index (χ4n) is 1.31. The van der Waals surface area contributed by atoms with E-state index in [0.717, 1.165) is 23.7 Å². The Balaban J connectivity index is 2.51. The van der Waals surface area contributed by atoms with Crippen LogP contribution in [0.25, 0.3) is 0 Å². The maximum Gasteiger partial charge on any atom is 0.0587 e. The van der Waals surface area contributed by atoms with Gasteiger partial charge in [0.05, 0.1) is 6.61 Å². The molecular formula is C11H16ClNO. The van der Waals surface area contributed by atoms with Crippen LogP contribution < -0.4 is 5.32 Å². The van der Waals surface area contributed by atoms with Crippen LogP contribution in [-0.2, 0) is 4.74 Å². The molecule has 0 saturated carbocycles. The molecule has 78 valence electrons. The van der Waals surface area contributed by atoms with Crippen molar-refractivity contribution in [2.24, 2.45) is 0 Å². The molecule has 0 spiro atoms. The van der Waals surface area contributed by atoms with Gasteiger partial charge in [0.2, 0.25) is 0 Å². The highest BCUT2D eigenvalue weighted by molar-refractivity contribution is 6.31. The maximum absolute atomic E-state index is 6.06. The van der Waals surface area contributed by atoms with Crippen LogP contribution in [0.3, 0.4) is 0 Å². The molecule has 3 heteroatoms. The molecule has 1 aromatic carbocycles. The molecule has 0 amide bonds. The van der Waals surface area contributed by atoms with Gasteiger partial charge in [0.15, 0.2) is 0 Å². The lowest BCUT2D eigenvalue weighted by Crippen LogP contribution is -2.22. The fraction of sp³-hybridized carbons (Fsp3) is 0.455. The van der Waals surface area contributed by atoms with Crippen LogP contribution in [-0.4, -0.2) is 20.3 Å². The number of rotatable bonds is 5. The zero-order chi connectivity index (χ0) is 10.4. The minimum Gasteiger partial charge on any atom is -0.383 e. The fourth-order valence-corrected chi connectivity index (χ4v) is 1.61. The highest BCUT2D eigenvalue weighted by atomic mass is 35.5. The predicted octanol–water partition coefficient (Wildman–Crippen LogP) is 2.64. The molecule has 14 heavy (non-hydrogen) atoms. The summed E-state index contributed by atoms with van der Waals surface area (Å²) in [6.07, 6.45) is 0. The van der Waals surface area contributed by atoms with Gasteiger partial charge in [0.25, 0.3) is 0 Å². The van der Waals surface area contributed by atoms with E-state index < -0.39 is 0 Å². The first-order valence-corrected chi connectivity index (χ1v) is 5.10. The molecule has 0 bridgehead atoms. The molecule has 0 aromatic heterocycles. The molecular weight excluding hydrogens is 198 g/mol. The van der Waals surface area contributed by atoms with Gasteiger partial charge in [-0.2, -0.15) is 0 Å². The summed E-state index contributed by atoms with van der Waals surface area (Å²) in [5.41, 5.74) is 1.13. The average molecular weight is 214 g/mol. The second-order valence-corrected chi connectivity index (χ2v) is 3.60. The Labute approximate surface area is 90.2 Å². The van der Waals surface area contributed by atoms with Crippen LogP contribution in [0.4, 0.5) is 0 Å². The van der Waals surface area contributed by atoms with Gasteiger partial charge in [0, 0.05) is 24.7 Å². The summed E-state index contributed by atoms with van der Waals surface area (Å²) in [6, 6.07) is 8.14. The second kappa shape index (κ2) is 6.02. The molecule has 0 radical (unpaired) electrons. The van der Waals surface area contributed by atoms with Crippen molar-refractivity contribution in [1.82, 2.24) is 5.32 Å². The normalized spacial score (nSPS) is 12.8.